The van der Waals surface area contributed by atoms with Crippen LogP contribution in [-0.2, 0) is 10.0 Å². The van der Waals surface area contributed by atoms with Gasteiger partial charge in [0.25, 0.3) is 0 Å². The van der Waals surface area contributed by atoms with Gasteiger partial charge in [0.05, 0.1) is 12.0 Å². The standard InChI is InChI=1S/C19H24N2O4S/c1-24-17-7-9-18(10-8-17)25-16-15-20-11-13-21(14-12-20)26(22,23)19-5-3-2-4-6-19/h2-10H,11-16H2,1H3. The zero-order valence-electron chi connectivity index (χ0n) is 14.9. The average Bonchev–Trinajstić information content (AvgIpc) is 2.69. The summed E-state index contributed by atoms with van der Waals surface area (Å²) in [6, 6.07) is 16.1. The van der Waals surface area contributed by atoms with Gasteiger partial charge in [-0.15, -0.1) is 0 Å². The van der Waals surface area contributed by atoms with Crippen LogP contribution in [0.3, 0.4) is 0 Å². The van der Waals surface area contributed by atoms with E-state index in [-0.39, 0.29) is 0 Å². The van der Waals surface area contributed by atoms with E-state index in [0.717, 1.165) is 18.0 Å². The van der Waals surface area contributed by atoms with Crippen LogP contribution in [0.4, 0.5) is 0 Å². The van der Waals surface area contributed by atoms with Crippen LogP contribution < -0.4 is 9.47 Å². The highest BCUT2D eigenvalue weighted by molar-refractivity contribution is 7.89. The monoisotopic (exact) mass is 376 g/mol. The smallest absolute Gasteiger partial charge is 0.243 e. The number of sulfonamides is 1. The molecule has 0 saturated carbocycles. The topological polar surface area (TPSA) is 59.1 Å². The second-order valence-corrected chi connectivity index (χ2v) is 8.02. The van der Waals surface area contributed by atoms with Crippen molar-refractivity contribution in [2.75, 3.05) is 46.4 Å². The number of methoxy groups -OCH3 is 1. The summed E-state index contributed by atoms with van der Waals surface area (Å²) in [5.74, 6) is 1.60. The molecule has 0 amide bonds. The third-order valence-corrected chi connectivity index (χ3v) is 6.36. The lowest BCUT2D eigenvalue weighted by Crippen LogP contribution is -2.49. The molecule has 1 saturated heterocycles. The zero-order valence-corrected chi connectivity index (χ0v) is 15.7. The molecule has 0 aliphatic carbocycles. The highest BCUT2D eigenvalue weighted by atomic mass is 32.2. The predicted octanol–water partition coefficient (Wildman–Crippen LogP) is 2.08. The predicted molar refractivity (Wildman–Crippen MR) is 100 cm³/mol. The van der Waals surface area contributed by atoms with E-state index < -0.39 is 10.0 Å². The Morgan fingerprint density at radius 1 is 0.885 bits per heavy atom. The van der Waals surface area contributed by atoms with Crippen molar-refractivity contribution in [2.24, 2.45) is 0 Å². The quantitative estimate of drug-likeness (QED) is 0.741. The molecular weight excluding hydrogens is 352 g/mol. The maximum absolute atomic E-state index is 12.6. The molecule has 0 N–H and O–H groups in total. The molecule has 0 spiro atoms. The van der Waals surface area contributed by atoms with Gasteiger partial charge in [-0.05, 0) is 36.4 Å². The molecule has 6 nitrogen and oxygen atoms in total. The fourth-order valence-electron chi connectivity index (χ4n) is 2.90. The summed E-state index contributed by atoms with van der Waals surface area (Å²) in [6.07, 6.45) is 0. The Balaban J connectivity index is 1.45. The molecule has 7 heteroatoms. The second kappa shape index (κ2) is 8.53. The first-order chi connectivity index (χ1) is 12.6. The number of hydrogen-bond acceptors (Lipinski definition) is 5. The molecule has 26 heavy (non-hydrogen) atoms. The van der Waals surface area contributed by atoms with Crippen LogP contribution in [0.25, 0.3) is 0 Å². The lowest BCUT2D eigenvalue weighted by atomic mass is 10.3. The summed E-state index contributed by atoms with van der Waals surface area (Å²) in [5.41, 5.74) is 0. The van der Waals surface area contributed by atoms with Crippen LogP contribution in [0.1, 0.15) is 0 Å². The van der Waals surface area contributed by atoms with E-state index in [4.69, 9.17) is 9.47 Å². The fraction of sp³-hybridized carbons (Fsp3) is 0.368. The van der Waals surface area contributed by atoms with Gasteiger partial charge in [0.15, 0.2) is 0 Å². The third-order valence-electron chi connectivity index (χ3n) is 4.45. The normalized spacial score (nSPS) is 16.3. The Labute approximate surface area is 155 Å². The van der Waals surface area contributed by atoms with Gasteiger partial charge >= 0.3 is 0 Å². The van der Waals surface area contributed by atoms with Crippen molar-refractivity contribution in [2.45, 2.75) is 4.90 Å². The Morgan fingerprint density at radius 2 is 1.50 bits per heavy atom. The van der Waals surface area contributed by atoms with Crippen molar-refractivity contribution >= 4 is 10.0 Å². The summed E-state index contributed by atoms with van der Waals surface area (Å²) >= 11 is 0. The highest BCUT2D eigenvalue weighted by Crippen LogP contribution is 2.18. The van der Waals surface area contributed by atoms with Crippen LogP contribution in [0, 0.1) is 0 Å². The number of nitrogens with zero attached hydrogens (tertiary/aromatic N) is 2. The molecule has 3 rings (SSSR count). The van der Waals surface area contributed by atoms with Crippen molar-refractivity contribution in [3.8, 4) is 11.5 Å². The summed E-state index contributed by atoms with van der Waals surface area (Å²) in [5, 5.41) is 0. The van der Waals surface area contributed by atoms with Crippen LogP contribution in [-0.4, -0.2) is 64.1 Å². The number of benzene rings is 2. The van der Waals surface area contributed by atoms with Gasteiger partial charge in [-0.2, -0.15) is 4.31 Å². The fourth-order valence-corrected chi connectivity index (χ4v) is 4.34. The molecule has 2 aromatic carbocycles. The molecule has 140 valence electrons. The van der Waals surface area contributed by atoms with Crippen LogP contribution in [0.2, 0.25) is 0 Å². The minimum atomic E-state index is -3.39. The van der Waals surface area contributed by atoms with Crippen LogP contribution in [0.5, 0.6) is 11.5 Å². The SMILES string of the molecule is COc1ccc(OCCN2CCN(S(=O)(=O)c3ccccc3)CC2)cc1. The van der Waals surface area contributed by atoms with Gasteiger partial charge in [-0.1, -0.05) is 18.2 Å². The Bertz CT molecular complexity index is 786. The van der Waals surface area contributed by atoms with E-state index in [0.29, 0.717) is 37.7 Å². The molecular formula is C19H24N2O4S. The Morgan fingerprint density at radius 3 is 2.12 bits per heavy atom. The Hall–Kier alpha value is -2.09. The first-order valence-corrected chi connectivity index (χ1v) is 10.1. The zero-order chi connectivity index (χ0) is 18.4. The largest absolute Gasteiger partial charge is 0.497 e. The molecule has 1 heterocycles. The van der Waals surface area contributed by atoms with Crippen molar-refractivity contribution in [1.29, 1.82) is 0 Å². The number of rotatable bonds is 7. The molecule has 0 radical (unpaired) electrons. The number of piperazine rings is 1. The van der Waals surface area contributed by atoms with Crippen molar-refractivity contribution in [3.63, 3.8) is 0 Å². The lowest BCUT2D eigenvalue weighted by molar-refractivity contribution is 0.159. The Kier molecular flexibility index (Phi) is 6.13. The molecule has 0 unspecified atom stereocenters. The minimum absolute atomic E-state index is 0.358. The molecule has 0 aromatic heterocycles. The van der Waals surface area contributed by atoms with Gasteiger partial charge in [-0.25, -0.2) is 8.42 Å². The maximum atomic E-state index is 12.6. The molecule has 1 aliphatic heterocycles. The van der Waals surface area contributed by atoms with Gasteiger partial charge in [0, 0.05) is 32.7 Å². The number of ether oxygens (including phenoxy) is 2. The van der Waals surface area contributed by atoms with Crippen molar-refractivity contribution in [1.82, 2.24) is 9.21 Å². The summed E-state index contributed by atoms with van der Waals surface area (Å²) in [4.78, 5) is 2.58. The first kappa shape index (κ1) is 18.7. The molecule has 1 fully saturated rings. The van der Waals surface area contributed by atoms with Crippen LogP contribution in [0.15, 0.2) is 59.5 Å². The summed E-state index contributed by atoms with van der Waals surface area (Å²) < 4.78 is 37.7. The van der Waals surface area contributed by atoms with E-state index in [1.807, 2.05) is 30.3 Å². The van der Waals surface area contributed by atoms with Gasteiger partial charge < -0.3 is 9.47 Å². The average molecular weight is 376 g/mol. The minimum Gasteiger partial charge on any atom is -0.497 e. The van der Waals surface area contributed by atoms with Gasteiger partial charge in [0.1, 0.15) is 18.1 Å². The van der Waals surface area contributed by atoms with Gasteiger partial charge in [0.2, 0.25) is 10.0 Å². The van der Waals surface area contributed by atoms with E-state index in [1.54, 1.807) is 35.7 Å². The van der Waals surface area contributed by atoms with E-state index >= 15 is 0 Å². The second-order valence-electron chi connectivity index (χ2n) is 6.08. The lowest BCUT2D eigenvalue weighted by Gasteiger charge is -2.33. The highest BCUT2D eigenvalue weighted by Gasteiger charge is 2.28. The van der Waals surface area contributed by atoms with Crippen LogP contribution >= 0.6 is 0 Å². The molecule has 0 atom stereocenters. The van der Waals surface area contributed by atoms with Crippen molar-refractivity contribution in [3.05, 3.63) is 54.6 Å². The van der Waals surface area contributed by atoms with E-state index in [2.05, 4.69) is 4.90 Å². The van der Waals surface area contributed by atoms with E-state index in [1.165, 1.54) is 0 Å². The number of hydrogen-bond donors (Lipinski definition) is 0. The van der Waals surface area contributed by atoms with Crippen molar-refractivity contribution < 1.29 is 17.9 Å². The van der Waals surface area contributed by atoms with Gasteiger partial charge in [-0.3, -0.25) is 4.90 Å². The van der Waals surface area contributed by atoms with E-state index in [9.17, 15) is 8.42 Å². The maximum Gasteiger partial charge on any atom is 0.243 e. The molecule has 2 aromatic rings. The molecule has 0 bridgehead atoms. The summed E-state index contributed by atoms with van der Waals surface area (Å²) in [7, 11) is -1.76. The summed E-state index contributed by atoms with van der Waals surface area (Å²) in [6.45, 7) is 3.75. The molecule has 1 aliphatic rings. The third kappa shape index (κ3) is 4.55. The first-order valence-electron chi connectivity index (χ1n) is 8.64.